The van der Waals surface area contributed by atoms with Crippen LogP contribution in [0.1, 0.15) is 53.2 Å². The molecule has 1 aromatic heterocycles. The van der Waals surface area contributed by atoms with E-state index in [0.29, 0.717) is 17.7 Å². The molecule has 6 nitrogen and oxygen atoms in total. The van der Waals surface area contributed by atoms with E-state index < -0.39 is 15.8 Å². The van der Waals surface area contributed by atoms with Crippen molar-refractivity contribution in [2.45, 2.75) is 58.0 Å². The van der Waals surface area contributed by atoms with E-state index in [1.165, 1.54) is 21.8 Å². The highest BCUT2D eigenvalue weighted by Crippen LogP contribution is 2.31. The van der Waals surface area contributed by atoms with Gasteiger partial charge in [-0.05, 0) is 50.7 Å². The number of fused-ring (bicyclic) bond motifs is 1. The summed E-state index contributed by atoms with van der Waals surface area (Å²) in [6.07, 6.45) is 4.29. The first-order valence-corrected chi connectivity index (χ1v) is 11.7. The topological polar surface area (TPSA) is 80.8 Å². The first kappa shape index (κ1) is 19.4. The molecule has 2 aliphatic rings. The second kappa shape index (κ2) is 7.68. The van der Waals surface area contributed by atoms with Crippen molar-refractivity contribution in [1.29, 1.82) is 0 Å². The van der Waals surface area contributed by atoms with Crippen LogP contribution in [0.2, 0.25) is 0 Å². The average Bonchev–Trinajstić information content (AvgIpc) is 3.27. The third kappa shape index (κ3) is 4.11. The van der Waals surface area contributed by atoms with Crippen LogP contribution in [0.3, 0.4) is 0 Å². The summed E-state index contributed by atoms with van der Waals surface area (Å²) in [7, 11) is -3.09. The minimum absolute atomic E-state index is 0.00529. The predicted molar refractivity (Wildman–Crippen MR) is 100 cm³/mol. The highest BCUT2D eigenvalue weighted by Gasteiger charge is 2.36. The molecule has 144 valence electrons. The third-order valence-corrected chi connectivity index (χ3v) is 8.20. The van der Waals surface area contributed by atoms with Gasteiger partial charge in [0.1, 0.15) is 4.88 Å². The fraction of sp³-hybridized carbons (Fsp3) is 0.667. The Balaban J connectivity index is 1.62. The lowest BCUT2D eigenvalue weighted by Crippen LogP contribution is -2.48. The van der Waals surface area contributed by atoms with Crippen molar-refractivity contribution >= 4 is 33.1 Å². The molecule has 2 heterocycles. The van der Waals surface area contributed by atoms with Crippen molar-refractivity contribution in [3.8, 4) is 0 Å². The van der Waals surface area contributed by atoms with Crippen LogP contribution in [0.15, 0.2) is 6.07 Å². The number of thiophene rings is 1. The smallest absolute Gasteiger partial charge is 0.348 e. The molecular formula is C18H25NO5S2. The maximum atomic E-state index is 12.7. The van der Waals surface area contributed by atoms with Gasteiger partial charge in [0.25, 0.3) is 5.91 Å². The van der Waals surface area contributed by atoms with Crippen LogP contribution in [0.25, 0.3) is 0 Å². The lowest BCUT2D eigenvalue weighted by atomic mass is 10.1. The number of carbonyl (C=O) groups excluding carboxylic acids is 2. The van der Waals surface area contributed by atoms with Crippen LogP contribution >= 0.6 is 11.3 Å². The van der Waals surface area contributed by atoms with Crippen molar-refractivity contribution in [3.63, 3.8) is 0 Å². The van der Waals surface area contributed by atoms with Gasteiger partial charge in [-0.3, -0.25) is 4.79 Å². The molecule has 0 saturated carbocycles. The van der Waals surface area contributed by atoms with Crippen LogP contribution in [0.5, 0.6) is 0 Å². The summed E-state index contributed by atoms with van der Waals surface area (Å²) in [4.78, 5) is 28.3. The molecular weight excluding hydrogens is 374 g/mol. The first-order valence-electron chi connectivity index (χ1n) is 9.11. The average molecular weight is 400 g/mol. The van der Waals surface area contributed by atoms with Crippen LogP contribution < -0.4 is 0 Å². The van der Waals surface area contributed by atoms with Crippen molar-refractivity contribution in [3.05, 3.63) is 21.4 Å². The quantitative estimate of drug-likeness (QED) is 0.685. The minimum Gasteiger partial charge on any atom is -0.451 e. The van der Waals surface area contributed by atoms with Crippen LogP contribution in [-0.4, -0.2) is 55.4 Å². The zero-order chi connectivity index (χ0) is 18.9. The number of ether oxygens (including phenoxy) is 1. The van der Waals surface area contributed by atoms with Crippen LogP contribution in [0, 0.1) is 0 Å². The number of carbonyl (C=O) groups is 2. The maximum absolute atomic E-state index is 12.7. The van der Waals surface area contributed by atoms with E-state index in [1.54, 1.807) is 4.90 Å². The molecule has 0 spiro atoms. The number of hydrogen-bond acceptors (Lipinski definition) is 6. The lowest BCUT2D eigenvalue weighted by molar-refractivity contribution is -0.138. The van der Waals surface area contributed by atoms with Crippen LogP contribution in [0.4, 0.5) is 0 Å². The highest BCUT2D eigenvalue weighted by atomic mass is 32.2. The molecule has 26 heavy (non-hydrogen) atoms. The van der Waals surface area contributed by atoms with E-state index in [9.17, 15) is 18.0 Å². The van der Waals surface area contributed by atoms with Gasteiger partial charge in [0, 0.05) is 17.0 Å². The Morgan fingerprint density at radius 2 is 2.15 bits per heavy atom. The lowest BCUT2D eigenvalue weighted by Gasteiger charge is -2.33. The number of aryl methyl sites for hydroxylation is 2. The number of sulfone groups is 1. The van der Waals surface area contributed by atoms with E-state index >= 15 is 0 Å². The molecule has 1 aliphatic heterocycles. The van der Waals surface area contributed by atoms with Crippen molar-refractivity contribution in [1.82, 2.24) is 4.90 Å². The Bertz CT molecular complexity index is 777. The third-order valence-electron chi connectivity index (χ3n) is 5.23. The van der Waals surface area contributed by atoms with Crippen molar-refractivity contribution < 1.29 is 22.7 Å². The largest absolute Gasteiger partial charge is 0.451 e. The van der Waals surface area contributed by atoms with Gasteiger partial charge >= 0.3 is 5.97 Å². The van der Waals surface area contributed by atoms with Gasteiger partial charge in [-0.15, -0.1) is 11.3 Å². The summed E-state index contributed by atoms with van der Waals surface area (Å²) < 4.78 is 28.8. The van der Waals surface area contributed by atoms with Crippen LogP contribution in [-0.2, 0) is 32.2 Å². The minimum atomic E-state index is -3.09. The summed E-state index contributed by atoms with van der Waals surface area (Å²) in [6.45, 7) is 3.50. The Labute approximate surface area is 158 Å². The molecule has 1 fully saturated rings. The van der Waals surface area contributed by atoms with Gasteiger partial charge in [0.05, 0.1) is 11.5 Å². The second-order valence-corrected chi connectivity index (χ2v) is 10.5. The number of esters is 1. The molecule has 3 rings (SSSR count). The van der Waals surface area contributed by atoms with Gasteiger partial charge in [-0.1, -0.05) is 6.92 Å². The Morgan fingerprint density at radius 1 is 1.38 bits per heavy atom. The van der Waals surface area contributed by atoms with E-state index in [0.717, 1.165) is 19.3 Å². The maximum Gasteiger partial charge on any atom is 0.348 e. The summed E-state index contributed by atoms with van der Waals surface area (Å²) in [5.74, 6) is -0.688. The van der Waals surface area contributed by atoms with Gasteiger partial charge in [0.2, 0.25) is 0 Å². The summed E-state index contributed by atoms with van der Waals surface area (Å²) in [5, 5.41) is 0. The Hall–Kier alpha value is -1.41. The number of hydrogen-bond donors (Lipinski definition) is 0. The van der Waals surface area contributed by atoms with Gasteiger partial charge in [0.15, 0.2) is 16.4 Å². The first-order chi connectivity index (χ1) is 12.3. The zero-order valence-corrected chi connectivity index (χ0v) is 16.8. The fourth-order valence-corrected chi connectivity index (χ4v) is 6.56. The molecule has 2 atom stereocenters. The standard InChI is InChI=1S/C18H25NO5S2/c1-3-12(2)19(14-7-8-26(22,23)11-14)17(20)10-24-18(21)16-9-13-5-4-6-15(13)25-16/h9,12,14H,3-8,10-11H2,1-2H3/t12-,14+/m0/s1. The molecule has 1 saturated heterocycles. The summed E-state index contributed by atoms with van der Waals surface area (Å²) in [5.41, 5.74) is 1.21. The molecule has 0 N–H and O–H groups in total. The fourth-order valence-electron chi connectivity index (χ4n) is 3.70. The molecule has 0 unspecified atom stereocenters. The van der Waals surface area contributed by atoms with Gasteiger partial charge in [-0.2, -0.15) is 0 Å². The number of amides is 1. The number of rotatable bonds is 6. The molecule has 0 bridgehead atoms. The van der Waals surface area contributed by atoms with E-state index in [1.807, 2.05) is 19.9 Å². The Kier molecular flexibility index (Phi) is 5.72. The normalized spacial score (nSPS) is 22.0. The van der Waals surface area contributed by atoms with Gasteiger partial charge < -0.3 is 9.64 Å². The van der Waals surface area contributed by atoms with Crippen molar-refractivity contribution in [2.24, 2.45) is 0 Å². The van der Waals surface area contributed by atoms with Crippen molar-refractivity contribution in [2.75, 3.05) is 18.1 Å². The Morgan fingerprint density at radius 3 is 2.77 bits per heavy atom. The van der Waals surface area contributed by atoms with E-state index in [4.69, 9.17) is 4.74 Å². The highest BCUT2D eigenvalue weighted by molar-refractivity contribution is 7.91. The second-order valence-electron chi connectivity index (χ2n) is 7.10. The molecule has 8 heteroatoms. The predicted octanol–water partition coefficient (Wildman–Crippen LogP) is 2.21. The van der Waals surface area contributed by atoms with E-state index in [-0.39, 0.29) is 36.1 Å². The number of nitrogens with zero attached hydrogens (tertiary/aromatic N) is 1. The van der Waals surface area contributed by atoms with E-state index in [2.05, 4.69) is 0 Å². The molecule has 0 radical (unpaired) electrons. The molecule has 1 amide bonds. The monoisotopic (exact) mass is 399 g/mol. The zero-order valence-electron chi connectivity index (χ0n) is 15.2. The molecule has 1 aromatic rings. The summed E-state index contributed by atoms with van der Waals surface area (Å²) in [6, 6.07) is 1.45. The SMILES string of the molecule is CC[C@H](C)N(C(=O)COC(=O)c1cc2c(s1)CCC2)[C@@H]1CCS(=O)(=O)C1. The van der Waals surface area contributed by atoms with Gasteiger partial charge in [-0.25, -0.2) is 13.2 Å². The molecule has 1 aliphatic carbocycles. The summed E-state index contributed by atoms with van der Waals surface area (Å²) >= 11 is 1.45. The molecule has 0 aromatic carbocycles.